The lowest BCUT2D eigenvalue weighted by molar-refractivity contribution is -0.154. The summed E-state index contributed by atoms with van der Waals surface area (Å²) in [5, 5.41) is 0. The molecule has 1 unspecified atom stereocenters. The molecule has 1 aromatic rings. The molecule has 0 radical (unpaired) electrons. The van der Waals surface area contributed by atoms with Crippen LogP contribution in [-0.4, -0.2) is 17.7 Å². The average molecular weight is 310 g/mol. The van der Waals surface area contributed by atoms with Gasteiger partial charge in [0.15, 0.2) is 0 Å². The van der Waals surface area contributed by atoms with Crippen LogP contribution in [0.5, 0.6) is 0 Å². The van der Waals surface area contributed by atoms with Crippen molar-refractivity contribution in [2.45, 2.75) is 39.4 Å². The van der Waals surface area contributed by atoms with Crippen molar-refractivity contribution in [2.24, 2.45) is 0 Å². The Morgan fingerprint density at radius 2 is 1.90 bits per heavy atom. The lowest BCUT2D eigenvalue weighted by Gasteiger charge is -2.20. The van der Waals surface area contributed by atoms with E-state index in [1.807, 2.05) is 30.3 Å². The number of rotatable bonds is 7. The highest BCUT2D eigenvalue weighted by Gasteiger charge is 2.23. The molecule has 0 aliphatic heterocycles. The van der Waals surface area contributed by atoms with Crippen LogP contribution in [0.4, 0.5) is 0 Å². The molecule has 1 atom stereocenters. The molecule has 5 heteroatoms. The van der Waals surface area contributed by atoms with Crippen molar-refractivity contribution in [3.05, 3.63) is 48.3 Å². The number of hydrogen-bond donors (Lipinski definition) is 0. The van der Waals surface area contributed by atoms with Gasteiger partial charge in [-0.15, -0.1) is 0 Å². The average Bonchev–Trinajstić information content (AvgIpc) is 2.42. The first kappa shape index (κ1) is 17.7. The molecule has 1 aromatic carbocycles. The van der Waals surface area contributed by atoms with Crippen LogP contribution in [0, 0.1) is 0 Å². The van der Waals surface area contributed by atoms with E-state index >= 15 is 0 Å². The summed E-state index contributed by atoms with van der Waals surface area (Å²) < 4.78 is 23.1. The molecule has 0 amide bonds. The third-order valence-corrected chi connectivity index (χ3v) is 4.59. The zero-order chi connectivity index (χ0) is 15.9. The van der Waals surface area contributed by atoms with Gasteiger partial charge in [0.25, 0.3) is 0 Å². The van der Waals surface area contributed by atoms with E-state index in [4.69, 9.17) is 9.26 Å². The molecule has 0 bridgehead atoms. The fourth-order valence-electron chi connectivity index (χ4n) is 1.61. The van der Waals surface area contributed by atoms with E-state index in [2.05, 4.69) is 6.58 Å². The predicted octanol–water partition coefficient (Wildman–Crippen LogP) is 4.36. The fraction of sp³-hybridized carbons (Fsp3) is 0.438. The molecule has 116 valence electrons. The maximum Gasteiger partial charge on any atom is 0.306 e. The second-order valence-corrected chi connectivity index (χ2v) is 8.25. The Morgan fingerprint density at radius 1 is 1.29 bits per heavy atom. The molecule has 0 fully saturated rings. The zero-order valence-electron chi connectivity index (χ0n) is 12.9. The molecule has 0 spiro atoms. The maximum absolute atomic E-state index is 12.5. The van der Waals surface area contributed by atoms with Crippen LogP contribution in [0.15, 0.2) is 42.7 Å². The lowest BCUT2D eigenvalue weighted by atomic mass is 10.2. The van der Waals surface area contributed by atoms with Crippen molar-refractivity contribution in [1.29, 1.82) is 0 Å². The molecular weight excluding hydrogens is 287 g/mol. The zero-order valence-corrected chi connectivity index (χ0v) is 13.8. The molecule has 0 heterocycles. The van der Waals surface area contributed by atoms with Crippen molar-refractivity contribution in [2.75, 3.05) is 6.16 Å². The van der Waals surface area contributed by atoms with E-state index in [1.165, 1.54) is 5.82 Å². The Hall–Kier alpha value is -1.38. The first-order valence-corrected chi connectivity index (χ1v) is 8.75. The summed E-state index contributed by atoms with van der Waals surface area (Å²) in [4.78, 5) is 11.7. The maximum atomic E-state index is 12.5. The summed E-state index contributed by atoms with van der Waals surface area (Å²) in [6, 6.07) is 9.46. The van der Waals surface area contributed by atoms with Crippen LogP contribution in [-0.2, 0) is 25.2 Å². The lowest BCUT2D eigenvalue weighted by Crippen LogP contribution is -2.24. The van der Waals surface area contributed by atoms with E-state index in [0.717, 1.165) is 5.56 Å². The van der Waals surface area contributed by atoms with Crippen molar-refractivity contribution < 1.29 is 18.6 Å². The Labute approximate surface area is 126 Å². The molecule has 4 nitrogen and oxygen atoms in total. The molecular formula is C16H23O4P. The van der Waals surface area contributed by atoms with Gasteiger partial charge in [0, 0.05) is 6.16 Å². The minimum absolute atomic E-state index is 0.0509. The van der Waals surface area contributed by atoms with Gasteiger partial charge < -0.3 is 9.26 Å². The quantitative estimate of drug-likeness (QED) is 0.555. The first-order chi connectivity index (χ1) is 9.74. The second kappa shape index (κ2) is 7.58. The van der Waals surface area contributed by atoms with Gasteiger partial charge >= 0.3 is 5.97 Å². The molecule has 0 saturated carbocycles. The molecule has 0 N–H and O–H groups in total. The summed E-state index contributed by atoms with van der Waals surface area (Å²) >= 11 is 0. The van der Waals surface area contributed by atoms with Gasteiger partial charge in [0.2, 0.25) is 7.37 Å². The Balaban J connectivity index is 2.51. The van der Waals surface area contributed by atoms with E-state index in [0.29, 0.717) is 0 Å². The summed E-state index contributed by atoms with van der Waals surface area (Å²) in [7, 11) is -3.02. The van der Waals surface area contributed by atoms with Gasteiger partial charge in [-0.05, 0) is 32.2 Å². The monoisotopic (exact) mass is 310 g/mol. The van der Waals surface area contributed by atoms with Crippen molar-refractivity contribution in [3.8, 4) is 0 Å². The van der Waals surface area contributed by atoms with Gasteiger partial charge in [0.1, 0.15) is 5.60 Å². The summed E-state index contributed by atoms with van der Waals surface area (Å²) in [5.41, 5.74) is 0.386. The van der Waals surface area contributed by atoms with E-state index in [1.54, 1.807) is 20.8 Å². The minimum Gasteiger partial charge on any atom is -0.460 e. The number of ether oxygens (including phenoxy) is 1. The second-order valence-electron chi connectivity index (χ2n) is 5.73. The highest BCUT2D eigenvalue weighted by molar-refractivity contribution is 7.62. The number of benzene rings is 1. The van der Waals surface area contributed by atoms with E-state index < -0.39 is 13.0 Å². The van der Waals surface area contributed by atoms with Gasteiger partial charge in [-0.3, -0.25) is 9.36 Å². The fourth-order valence-corrected chi connectivity index (χ4v) is 2.89. The number of carbonyl (C=O) groups excluding carboxylic acids is 1. The van der Waals surface area contributed by atoms with Crippen LogP contribution in [0.1, 0.15) is 32.8 Å². The topological polar surface area (TPSA) is 52.6 Å². The van der Waals surface area contributed by atoms with Crippen LogP contribution in [0.2, 0.25) is 0 Å². The normalized spacial score (nSPS) is 14.2. The van der Waals surface area contributed by atoms with Crippen LogP contribution >= 0.6 is 7.37 Å². The van der Waals surface area contributed by atoms with Crippen LogP contribution < -0.4 is 0 Å². The van der Waals surface area contributed by atoms with Gasteiger partial charge in [0.05, 0.1) is 13.0 Å². The predicted molar refractivity (Wildman–Crippen MR) is 84.4 cm³/mol. The van der Waals surface area contributed by atoms with Crippen LogP contribution in [0.3, 0.4) is 0 Å². The molecule has 0 aromatic heterocycles. The number of esters is 1. The van der Waals surface area contributed by atoms with Gasteiger partial charge in [-0.25, -0.2) is 0 Å². The number of carbonyl (C=O) groups is 1. The van der Waals surface area contributed by atoms with Crippen molar-refractivity contribution in [3.63, 3.8) is 0 Å². The van der Waals surface area contributed by atoms with E-state index in [-0.39, 0.29) is 25.2 Å². The Morgan fingerprint density at radius 3 is 2.43 bits per heavy atom. The highest BCUT2D eigenvalue weighted by atomic mass is 31.2. The smallest absolute Gasteiger partial charge is 0.306 e. The summed E-state index contributed by atoms with van der Waals surface area (Å²) in [5.74, 6) is 0.924. The summed E-state index contributed by atoms with van der Waals surface area (Å²) in [6.07, 6.45) is 0.160. The standard InChI is InChI=1S/C16H23O4P/c1-5-21(18,12-11-15(17)20-16(2,3)4)19-13-14-9-7-6-8-10-14/h5-10H,1,11-13H2,2-4H3. The van der Waals surface area contributed by atoms with Crippen molar-refractivity contribution in [1.82, 2.24) is 0 Å². The van der Waals surface area contributed by atoms with Gasteiger partial charge in [-0.1, -0.05) is 36.9 Å². The Bertz CT molecular complexity index is 517. The van der Waals surface area contributed by atoms with Crippen LogP contribution in [0.25, 0.3) is 0 Å². The minimum atomic E-state index is -3.02. The molecule has 0 saturated heterocycles. The number of hydrogen-bond acceptors (Lipinski definition) is 4. The van der Waals surface area contributed by atoms with E-state index in [9.17, 15) is 9.36 Å². The SMILES string of the molecule is C=CP(=O)(CCC(=O)OC(C)(C)C)OCc1ccccc1. The third kappa shape index (κ3) is 7.26. The van der Waals surface area contributed by atoms with Gasteiger partial charge in [-0.2, -0.15) is 0 Å². The first-order valence-electron chi connectivity index (χ1n) is 6.87. The Kier molecular flexibility index (Phi) is 6.38. The highest BCUT2D eigenvalue weighted by Crippen LogP contribution is 2.49. The molecule has 0 aliphatic carbocycles. The largest absolute Gasteiger partial charge is 0.460 e. The molecule has 0 aliphatic rings. The third-order valence-electron chi connectivity index (χ3n) is 2.62. The molecule has 1 rings (SSSR count). The molecule has 21 heavy (non-hydrogen) atoms. The summed E-state index contributed by atoms with van der Waals surface area (Å²) in [6.45, 7) is 9.18. The van der Waals surface area contributed by atoms with Crippen molar-refractivity contribution >= 4 is 13.3 Å².